The van der Waals surface area contributed by atoms with Crippen LogP contribution in [0.2, 0.25) is 0 Å². The topological polar surface area (TPSA) is 57.7 Å². The number of halogens is 1. The predicted molar refractivity (Wildman–Crippen MR) is 119 cm³/mol. The first-order chi connectivity index (χ1) is 14.4. The Labute approximate surface area is 185 Å². The lowest BCUT2D eigenvalue weighted by Gasteiger charge is -2.32. The van der Waals surface area contributed by atoms with Crippen molar-refractivity contribution in [1.29, 1.82) is 0 Å². The lowest BCUT2D eigenvalue weighted by atomic mass is 9.90. The number of likely N-dealkylation sites (tertiary alicyclic amines) is 1. The Hall–Kier alpha value is -1.42. The van der Waals surface area contributed by atoms with E-state index >= 15 is 0 Å². The molecule has 162 valence electrons. The van der Waals surface area contributed by atoms with E-state index in [1.807, 2.05) is 6.07 Å². The molecule has 0 bridgehead atoms. The number of sulfonamides is 1. The molecule has 0 radical (unpaired) electrons. The average molecular weight is 469 g/mol. The van der Waals surface area contributed by atoms with E-state index in [0.29, 0.717) is 37.0 Å². The Morgan fingerprint density at radius 3 is 2.53 bits per heavy atom. The SMILES string of the molecule is O=C(c1sccc1S(=O)(=O)N1CCSCC1)N1CCC(Cc2cccc(F)c2)CC1. The van der Waals surface area contributed by atoms with Crippen molar-refractivity contribution in [1.82, 2.24) is 9.21 Å². The molecule has 0 atom stereocenters. The molecular weight excluding hydrogens is 443 g/mol. The molecule has 2 fully saturated rings. The van der Waals surface area contributed by atoms with Crippen LogP contribution in [0.4, 0.5) is 4.39 Å². The molecule has 9 heteroatoms. The van der Waals surface area contributed by atoms with E-state index in [0.717, 1.165) is 36.3 Å². The molecule has 0 unspecified atom stereocenters. The zero-order chi connectivity index (χ0) is 21.1. The van der Waals surface area contributed by atoms with Gasteiger partial charge in [-0.15, -0.1) is 11.3 Å². The fraction of sp³-hybridized carbons (Fsp3) is 0.476. The van der Waals surface area contributed by atoms with Gasteiger partial charge in [-0.2, -0.15) is 16.1 Å². The van der Waals surface area contributed by atoms with Crippen LogP contribution in [0.5, 0.6) is 0 Å². The van der Waals surface area contributed by atoms with Crippen LogP contribution in [0, 0.1) is 11.7 Å². The maximum atomic E-state index is 13.4. The van der Waals surface area contributed by atoms with E-state index in [1.54, 1.807) is 40.2 Å². The van der Waals surface area contributed by atoms with Gasteiger partial charge in [0.25, 0.3) is 5.91 Å². The van der Waals surface area contributed by atoms with Crippen molar-refractivity contribution < 1.29 is 17.6 Å². The number of thiophene rings is 1. The Morgan fingerprint density at radius 1 is 1.10 bits per heavy atom. The van der Waals surface area contributed by atoms with Crippen molar-refractivity contribution in [2.24, 2.45) is 5.92 Å². The molecule has 3 heterocycles. The summed E-state index contributed by atoms with van der Waals surface area (Å²) in [5.41, 5.74) is 0.978. The van der Waals surface area contributed by atoms with Crippen LogP contribution in [0.1, 0.15) is 28.1 Å². The Kier molecular flexibility index (Phi) is 6.81. The first-order valence-corrected chi connectivity index (χ1v) is 13.6. The van der Waals surface area contributed by atoms with E-state index in [9.17, 15) is 17.6 Å². The summed E-state index contributed by atoms with van der Waals surface area (Å²) in [7, 11) is -3.64. The van der Waals surface area contributed by atoms with Crippen molar-refractivity contribution in [2.45, 2.75) is 24.2 Å². The quantitative estimate of drug-likeness (QED) is 0.671. The third kappa shape index (κ3) is 4.74. The summed E-state index contributed by atoms with van der Waals surface area (Å²) in [5.74, 6) is 1.54. The molecular formula is C21H25FN2O3S3. The third-order valence-electron chi connectivity index (χ3n) is 5.73. The van der Waals surface area contributed by atoms with Gasteiger partial charge >= 0.3 is 0 Å². The highest BCUT2D eigenvalue weighted by molar-refractivity contribution is 7.99. The van der Waals surface area contributed by atoms with Crippen molar-refractivity contribution in [3.8, 4) is 0 Å². The first-order valence-electron chi connectivity index (χ1n) is 10.1. The molecule has 1 aromatic carbocycles. The standard InChI is InChI=1S/C21H25FN2O3S3/c22-18-3-1-2-17(15-18)14-16-4-7-23(8-5-16)21(25)20-19(6-11-29-20)30(26,27)24-9-12-28-13-10-24/h1-3,6,11,15-16H,4-5,7-10,12-14H2. The number of carbonyl (C=O) groups is 1. The summed E-state index contributed by atoms with van der Waals surface area (Å²) in [4.78, 5) is 15.3. The van der Waals surface area contributed by atoms with Gasteiger partial charge in [-0.25, -0.2) is 12.8 Å². The molecule has 1 amide bonds. The number of nitrogens with zero attached hydrogens (tertiary/aromatic N) is 2. The van der Waals surface area contributed by atoms with Gasteiger partial charge in [0, 0.05) is 37.7 Å². The fourth-order valence-corrected chi connectivity index (χ4v) is 8.00. The number of benzene rings is 1. The zero-order valence-electron chi connectivity index (χ0n) is 16.6. The predicted octanol–water partition coefficient (Wildman–Crippen LogP) is 3.72. The summed E-state index contributed by atoms with van der Waals surface area (Å²) < 4.78 is 41.0. The average Bonchev–Trinajstić information content (AvgIpc) is 3.25. The van der Waals surface area contributed by atoms with Gasteiger partial charge in [0.05, 0.1) is 0 Å². The van der Waals surface area contributed by atoms with E-state index in [4.69, 9.17) is 0 Å². The second-order valence-electron chi connectivity index (χ2n) is 7.70. The molecule has 4 rings (SSSR count). The fourth-order valence-electron chi connectivity index (χ4n) is 4.06. The molecule has 2 saturated heterocycles. The highest BCUT2D eigenvalue weighted by Gasteiger charge is 2.33. The van der Waals surface area contributed by atoms with Gasteiger partial charge in [0.2, 0.25) is 10.0 Å². The maximum absolute atomic E-state index is 13.4. The Morgan fingerprint density at radius 2 is 1.83 bits per heavy atom. The van der Waals surface area contributed by atoms with Gasteiger partial charge in [0.1, 0.15) is 15.6 Å². The molecule has 5 nitrogen and oxygen atoms in total. The molecule has 2 aliphatic heterocycles. The lowest BCUT2D eigenvalue weighted by molar-refractivity contribution is 0.0692. The summed E-state index contributed by atoms with van der Waals surface area (Å²) in [5, 5.41) is 1.69. The number of hydrogen-bond donors (Lipinski definition) is 0. The van der Waals surface area contributed by atoms with Crippen molar-refractivity contribution >= 4 is 39.0 Å². The smallest absolute Gasteiger partial charge is 0.265 e. The maximum Gasteiger partial charge on any atom is 0.265 e. The number of rotatable bonds is 5. The highest BCUT2D eigenvalue weighted by Crippen LogP contribution is 2.30. The summed E-state index contributed by atoms with van der Waals surface area (Å²) in [6, 6.07) is 8.23. The minimum atomic E-state index is -3.64. The number of thioether (sulfide) groups is 1. The van der Waals surface area contributed by atoms with Gasteiger partial charge in [-0.05, 0) is 54.3 Å². The number of amides is 1. The van der Waals surface area contributed by atoms with Crippen LogP contribution in [-0.2, 0) is 16.4 Å². The molecule has 0 spiro atoms. The molecule has 0 saturated carbocycles. The van der Waals surface area contributed by atoms with E-state index in [1.165, 1.54) is 21.7 Å². The van der Waals surface area contributed by atoms with Crippen molar-refractivity contribution in [2.75, 3.05) is 37.7 Å². The lowest BCUT2D eigenvalue weighted by Crippen LogP contribution is -2.41. The van der Waals surface area contributed by atoms with E-state index in [2.05, 4.69) is 0 Å². The van der Waals surface area contributed by atoms with Crippen molar-refractivity contribution in [3.63, 3.8) is 0 Å². The van der Waals surface area contributed by atoms with Crippen LogP contribution < -0.4 is 0 Å². The normalized spacial score (nSPS) is 19.2. The summed E-state index contributed by atoms with van der Waals surface area (Å²) >= 11 is 2.95. The Bertz CT molecular complexity index is 994. The molecule has 0 N–H and O–H groups in total. The largest absolute Gasteiger partial charge is 0.338 e. The second kappa shape index (κ2) is 9.38. The first kappa shape index (κ1) is 21.8. The van der Waals surface area contributed by atoms with Crippen LogP contribution in [0.25, 0.3) is 0 Å². The van der Waals surface area contributed by atoms with E-state index in [-0.39, 0.29) is 16.6 Å². The monoisotopic (exact) mass is 468 g/mol. The van der Waals surface area contributed by atoms with Crippen LogP contribution in [0.3, 0.4) is 0 Å². The Balaban J connectivity index is 1.41. The van der Waals surface area contributed by atoms with Gasteiger partial charge in [-0.3, -0.25) is 4.79 Å². The number of carbonyl (C=O) groups excluding carboxylic acids is 1. The van der Waals surface area contributed by atoms with Gasteiger partial charge < -0.3 is 4.90 Å². The summed E-state index contributed by atoms with van der Waals surface area (Å²) in [6.07, 6.45) is 2.46. The van der Waals surface area contributed by atoms with Crippen LogP contribution in [-0.4, -0.2) is 61.2 Å². The second-order valence-corrected chi connectivity index (χ2v) is 11.7. The van der Waals surface area contributed by atoms with Crippen molar-refractivity contribution in [3.05, 3.63) is 52.0 Å². The molecule has 30 heavy (non-hydrogen) atoms. The van der Waals surface area contributed by atoms with Gasteiger partial charge in [0.15, 0.2) is 0 Å². The minimum Gasteiger partial charge on any atom is -0.338 e. The third-order valence-corrected chi connectivity index (χ3v) is 9.64. The zero-order valence-corrected chi connectivity index (χ0v) is 19.1. The van der Waals surface area contributed by atoms with Gasteiger partial charge in [-0.1, -0.05) is 12.1 Å². The van der Waals surface area contributed by atoms with Crippen LogP contribution in [0.15, 0.2) is 40.6 Å². The molecule has 2 aromatic rings. The van der Waals surface area contributed by atoms with Crippen LogP contribution >= 0.6 is 23.1 Å². The van der Waals surface area contributed by atoms with E-state index < -0.39 is 10.0 Å². The highest BCUT2D eigenvalue weighted by atomic mass is 32.2. The molecule has 1 aromatic heterocycles. The molecule has 2 aliphatic rings. The number of piperidine rings is 1. The summed E-state index contributed by atoms with van der Waals surface area (Å²) in [6.45, 7) is 2.16. The number of hydrogen-bond acceptors (Lipinski definition) is 5. The molecule has 0 aliphatic carbocycles. The minimum absolute atomic E-state index is 0.145.